The molecule has 0 amide bonds. The van der Waals surface area contributed by atoms with E-state index in [1.165, 1.54) is 12.1 Å². The lowest BCUT2D eigenvalue weighted by molar-refractivity contribution is -0.0640. The zero-order valence-electron chi connectivity index (χ0n) is 16.7. The molecule has 4 aliphatic rings. The topological polar surface area (TPSA) is 34.0 Å². The number of fused-ring (bicyclic) bond motifs is 5. The molecule has 0 bridgehead atoms. The van der Waals surface area contributed by atoms with Crippen LogP contribution in [0.15, 0.2) is 22.3 Å². The van der Waals surface area contributed by atoms with E-state index in [2.05, 4.69) is 30.6 Å². The Bertz CT molecular complexity index is 671. The lowest BCUT2D eigenvalue weighted by Crippen LogP contribution is -2.57. The average Bonchev–Trinajstić information content (AvgIpc) is 2.84. The van der Waals surface area contributed by atoms with E-state index in [0.717, 1.165) is 43.4 Å². The summed E-state index contributed by atoms with van der Waals surface area (Å²) in [6, 6.07) is 0. The molecule has 5 unspecified atom stereocenters. The summed E-state index contributed by atoms with van der Waals surface area (Å²) in [7, 11) is 3.54. The molecule has 0 aliphatic heterocycles. The van der Waals surface area contributed by atoms with Gasteiger partial charge >= 0.3 is 0 Å². The van der Waals surface area contributed by atoms with Crippen molar-refractivity contribution in [1.29, 1.82) is 0 Å². The molecule has 0 N–H and O–H groups in total. The van der Waals surface area contributed by atoms with Gasteiger partial charge in [0.2, 0.25) is 0 Å². The number of hydrogen-bond acceptors (Lipinski definition) is 3. The zero-order chi connectivity index (χ0) is 18.7. The first-order valence-electron chi connectivity index (χ1n) is 10.2. The summed E-state index contributed by atoms with van der Waals surface area (Å²) in [6.07, 6.45) is 6.15. The van der Waals surface area contributed by atoms with Crippen LogP contribution in [0.1, 0.15) is 58.8 Å². The molecule has 0 aromatic carbocycles. The Morgan fingerprint density at radius 3 is 2.65 bits per heavy atom. The molecule has 4 heteroatoms. The highest BCUT2D eigenvalue weighted by Gasteiger charge is 2.62. The van der Waals surface area contributed by atoms with E-state index in [9.17, 15) is 0 Å². The molecule has 4 fully saturated rings. The van der Waals surface area contributed by atoms with Crippen molar-refractivity contribution in [2.75, 3.05) is 14.2 Å². The van der Waals surface area contributed by atoms with Gasteiger partial charge in [-0.15, -0.1) is 0 Å². The highest BCUT2D eigenvalue weighted by Crippen LogP contribution is 2.66. The van der Waals surface area contributed by atoms with Crippen molar-refractivity contribution in [3.63, 3.8) is 0 Å². The monoisotopic (exact) mass is 360 g/mol. The molecule has 3 nitrogen and oxygen atoms in total. The first kappa shape index (κ1) is 18.2. The van der Waals surface area contributed by atoms with Crippen LogP contribution in [0.2, 0.25) is 0 Å². The Morgan fingerprint density at radius 1 is 1.19 bits per heavy atom. The Labute approximate surface area is 157 Å². The van der Waals surface area contributed by atoms with Crippen LogP contribution in [0, 0.1) is 34.5 Å². The molecule has 144 valence electrons. The summed E-state index contributed by atoms with van der Waals surface area (Å²) in [6.45, 7) is 8.96. The summed E-state index contributed by atoms with van der Waals surface area (Å²) in [5.41, 5.74) is 3.72. The number of aliphatic imine (C=N–C) groups is 1. The molecule has 4 rings (SSSR count). The summed E-state index contributed by atoms with van der Waals surface area (Å²) in [5.74, 6) is 1.42. The minimum absolute atomic E-state index is 0.0351. The minimum atomic E-state index is -0.749. The Kier molecular flexibility index (Phi) is 4.32. The predicted octanol–water partition coefficient (Wildman–Crippen LogP) is 5.22. The van der Waals surface area contributed by atoms with Crippen LogP contribution >= 0.6 is 0 Å². The second-order valence-corrected chi connectivity index (χ2v) is 9.60. The second kappa shape index (κ2) is 6.17. The maximum Gasteiger partial charge on any atom is 0.108 e. The second-order valence-electron chi connectivity index (χ2n) is 9.60. The van der Waals surface area contributed by atoms with E-state index in [0.29, 0.717) is 24.2 Å². The van der Waals surface area contributed by atoms with Gasteiger partial charge in [0, 0.05) is 31.0 Å². The predicted molar refractivity (Wildman–Crippen MR) is 104 cm³/mol. The van der Waals surface area contributed by atoms with E-state index in [1.54, 1.807) is 7.11 Å². The molecule has 0 aromatic heterocycles. The summed E-state index contributed by atoms with van der Waals surface area (Å²) in [4.78, 5) is 9.75. The quantitative estimate of drug-likeness (QED) is 0.466. The molecule has 0 radical (unpaired) electrons. The third kappa shape index (κ3) is 2.36. The van der Waals surface area contributed by atoms with Crippen LogP contribution in [0.25, 0.3) is 0 Å². The van der Waals surface area contributed by atoms with Crippen molar-refractivity contribution < 1.29 is 9.23 Å². The number of allylic oxidation sites excluding steroid dienone is 1. The van der Waals surface area contributed by atoms with Gasteiger partial charge in [-0.05, 0) is 61.2 Å². The molecular formula is C22H33FN2O. The average molecular weight is 361 g/mol. The Balaban J connectivity index is 1.75. The fourth-order valence-corrected chi connectivity index (χ4v) is 7.23. The molecular weight excluding hydrogens is 327 g/mol. The number of alkyl halides is 1. The van der Waals surface area contributed by atoms with Crippen molar-refractivity contribution in [2.24, 2.45) is 44.6 Å². The summed E-state index contributed by atoms with van der Waals surface area (Å²) >= 11 is 0. The maximum atomic E-state index is 15.2. The van der Waals surface area contributed by atoms with Gasteiger partial charge in [0.25, 0.3) is 0 Å². The molecule has 0 heterocycles. The third-order valence-electron chi connectivity index (χ3n) is 8.73. The van der Waals surface area contributed by atoms with E-state index in [4.69, 9.17) is 4.84 Å². The van der Waals surface area contributed by atoms with Gasteiger partial charge in [-0.1, -0.05) is 31.2 Å². The van der Waals surface area contributed by atoms with Crippen molar-refractivity contribution in [3.8, 4) is 0 Å². The van der Waals surface area contributed by atoms with Crippen molar-refractivity contribution >= 4 is 11.4 Å². The first-order chi connectivity index (χ1) is 12.3. The van der Waals surface area contributed by atoms with Crippen LogP contribution in [-0.2, 0) is 4.84 Å². The van der Waals surface area contributed by atoms with Gasteiger partial charge in [0.15, 0.2) is 0 Å². The fraction of sp³-hybridized carbons (Fsp3) is 0.818. The molecule has 4 saturated carbocycles. The lowest BCUT2D eigenvalue weighted by atomic mass is 9.44. The van der Waals surface area contributed by atoms with Gasteiger partial charge in [0.1, 0.15) is 13.3 Å². The first-order valence-corrected chi connectivity index (χ1v) is 10.2. The number of oxime groups is 1. The van der Waals surface area contributed by atoms with Crippen molar-refractivity contribution in [2.45, 2.75) is 65.0 Å². The molecule has 0 saturated heterocycles. The zero-order valence-corrected chi connectivity index (χ0v) is 16.7. The van der Waals surface area contributed by atoms with E-state index in [-0.39, 0.29) is 16.7 Å². The van der Waals surface area contributed by atoms with Crippen molar-refractivity contribution in [1.82, 2.24) is 0 Å². The molecule has 7 atom stereocenters. The number of rotatable bonds is 1. The van der Waals surface area contributed by atoms with E-state index < -0.39 is 6.17 Å². The molecule has 0 spiro atoms. The Morgan fingerprint density at radius 2 is 1.96 bits per heavy atom. The van der Waals surface area contributed by atoms with Crippen LogP contribution < -0.4 is 0 Å². The van der Waals surface area contributed by atoms with Gasteiger partial charge in [-0.3, -0.25) is 4.99 Å². The van der Waals surface area contributed by atoms with E-state index >= 15 is 4.39 Å². The summed E-state index contributed by atoms with van der Waals surface area (Å²) in [5, 5.41) is 4.47. The Hall–Kier alpha value is -1.19. The molecule has 26 heavy (non-hydrogen) atoms. The highest BCUT2D eigenvalue weighted by atomic mass is 19.1. The van der Waals surface area contributed by atoms with E-state index in [1.807, 2.05) is 7.05 Å². The van der Waals surface area contributed by atoms with Crippen LogP contribution in [0.4, 0.5) is 4.39 Å². The van der Waals surface area contributed by atoms with Gasteiger partial charge < -0.3 is 4.84 Å². The minimum Gasteiger partial charge on any atom is -0.399 e. The lowest BCUT2D eigenvalue weighted by Gasteiger charge is -2.60. The fourth-order valence-electron chi connectivity index (χ4n) is 7.23. The number of nitrogens with zero attached hydrogens (tertiary/aromatic N) is 2. The van der Waals surface area contributed by atoms with Crippen LogP contribution in [-0.4, -0.2) is 31.8 Å². The third-order valence-corrected chi connectivity index (χ3v) is 8.73. The molecule has 4 aliphatic carbocycles. The summed E-state index contributed by atoms with van der Waals surface area (Å²) < 4.78 is 15.2. The molecule has 0 aromatic rings. The van der Waals surface area contributed by atoms with Crippen molar-refractivity contribution in [3.05, 3.63) is 12.2 Å². The maximum absolute atomic E-state index is 15.2. The number of halogens is 1. The smallest absolute Gasteiger partial charge is 0.108 e. The largest absolute Gasteiger partial charge is 0.399 e. The highest BCUT2D eigenvalue weighted by molar-refractivity contribution is 5.95. The normalized spacial score (nSPS) is 51.1. The van der Waals surface area contributed by atoms with Gasteiger partial charge in [-0.2, -0.15) is 0 Å². The number of hydrogen-bond donors (Lipinski definition) is 0. The van der Waals surface area contributed by atoms with Crippen LogP contribution in [0.5, 0.6) is 0 Å². The van der Waals surface area contributed by atoms with Crippen LogP contribution in [0.3, 0.4) is 0 Å². The van der Waals surface area contributed by atoms with Gasteiger partial charge in [-0.25, -0.2) is 4.39 Å². The standard InChI is InChI=1S/C22H33FN2O/c1-13-10-18(23)20-15-12-19(25-26-5)17-11-14(24-4)6-8-22(17,3)16(15)7-9-21(13,20)2/h15-18,20H,1,6-12H2,2-5H3/b24-14?,25-19+/t15?,16?,17?,18?,20?,21-,22-/m1/s1. The van der Waals surface area contributed by atoms with Gasteiger partial charge in [0.05, 0.1) is 5.71 Å². The SMILES string of the molecule is C=C1CC(F)C2C3C/C(=N\OC)C4CC(=NC)CC[C@]4(C)C3CC[C@]12C.